The molecule has 2 heterocycles. The minimum Gasteiger partial charge on any atom is -0.385 e. The summed E-state index contributed by atoms with van der Waals surface area (Å²) in [7, 11) is 0. The van der Waals surface area contributed by atoms with E-state index in [4.69, 9.17) is 0 Å². The molecule has 76 valence electrons. The topological polar surface area (TPSA) is 37.5 Å². The number of fused-ring (bicyclic) bond motifs is 1. The first-order chi connectivity index (χ1) is 6.39. The number of thiazole rings is 1. The van der Waals surface area contributed by atoms with E-state index in [2.05, 4.69) is 27.6 Å². The predicted molar refractivity (Wildman–Crippen MR) is 65.8 cm³/mol. The SMILES string of the molecule is Cc1nc2sc(C(C)(C)O)cn2c1I. The van der Waals surface area contributed by atoms with Crippen molar-refractivity contribution in [2.24, 2.45) is 0 Å². The Bertz CT molecular complexity index is 481. The van der Waals surface area contributed by atoms with Gasteiger partial charge in [0.25, 0.3) is 0 Å². The summed E-state index contributed by atoms with van der Waals surface area (Å²) >= 11 is 3.80. The van der Waals surface area contributed by atoms with Gasteiger partial charge in [-0.25, -0.2) is 4.98 Å². The lowest BCUT2D eigenvalue weighted by Gasteiger charge is -2.13. The Hall–Kier alpha value is -0.140. The first-order valence-corrected chi connectivity index (χ1v) is 6.16. The second kappa shape index (κ2) is 3.18. The number of rotatable bonds is 1. The molecule has 0 bridgehead atoms. The van der Waals surface area contributed by atoms with Crippen molar-refractivity contribution in [3.63, 3.8) is 0 Å². The fraction of sp³-hybridized carbons (Fsp3) is 0.444. The van der Waals surface area contributed by atoms with Crippen LogP contribution >= 0.6 is 33.9 Å². The summed E-state index contributed by atoms with van der Waals surface area (Å²) in [5, 5.41) is 9.84. The van der Waals surface area contributed by atoms with Crippen LogP contribution in [-0.2, 0) is 5.60 Å². The molecule has 5 heteroatoms. The standard InChI is InChI=1S/C9H11IN2OS/c1-5-7(10)12-4-6(9(2,3)13)14-8(12)11-5/h4,13H,1-3H3. The summed E-state index contributed by atoms with van der Waals surface area (Å²) in [5.41, 5.74) is 0.265. The molecule has 0 aliphatic carbocycles. The fourth-order valence-electron chi connectivity index (χ4n) is 1.21. The highest BCUT2D eigenvalue weighted by Crippen LogP contribution is 2.29. The molecule has 1 N–H and O–H groups in total. The average molecular weight is 322 g/mol. The molecule has 0 fully saturated rings. The number of halogens is 1. The Morgan fingerprint density at radius 3 is 2.71 bits per heavy atom. The zero-order valence-corrected chi connectivity index (χ0v) is 11.2. The van der Waals surface area contributed by atoms with Crippen molar-refractivity contribution in [3.05, 3.63) is 20.5 Å². The van der Waals surface area contributed by atoms with E-state index in [0.717, 1.165) is 19.2 Å². The highest BCUT2D eigenvalue weighted by Gasteiger charge is 2.21. The van der Waals surface area contributed by atoms with Gasteiger partial charge in [-0.1, -0.05) is 11.3 Å². The van der Waals surface area contributed by atoms with E-state index in [0.29, 0.717) is 0 Å². The molecule has 0 amide bonds. The zero-order chi connectivity index (χ0) is 10.5. The largest absolute Gasteiger partial charge is 0.385 e. The Morgan fingerprint density at radius 1 is 1.57 bits per heavy atom. The lowest BCUT2D eigenvalue weighted by molar-refractivity contribution is 0.0822. The molecule has 14 heavy (non-hydrogen) atoms. The van der Waals surface area contributed by atoms with Gasteiger partial charge < -0.3 is 5.11 Å². The van der Waals surface area contributed by atoms with E-state index in [9.17, 15) is 5.11 Å². The molecule has 0 radical (unpaired) electrons. The third-order valence-electron chi connectivity index (χ3n) is 2.03. The zero-order valence-electron chi connectivity index (χ0n) is 8.21. The molecular weight excluding hydrogens is 311 g/mol. The smallest absolute Gasteiger partial charge is 0.195 e. The van der Waals surface area contributed by atoms with Crippen LogP contribution in [0.3, 0.4) is 0 Å². The van der Waals surface area contributed by atoms with Crippen molar-refractivity contribution < 1.29 is 5.11 Å². The maximum absolute atomic E-state index is 9.84. The first kappa shape index (κ1) is 10.4. The lowest BCUT2D eigenvalue weighted by atomic mass is 10.1. The van der Waals surface area contributed by atoms with Gasteiger partial charge in [-0.05, 0) is 43.4 Å². The summed E-state index contributed by atoms with van der Waals surface area (Å²) in [4.78, 5) is 6.30. The second-order valence-electron chi connectivity index (χ2n) is 3.80. The van der Waals surface area contributed by atoms with E-state index in [1.807, 2.05) is 17.5 Å². The molecule has 0 aliphatic rings. The Kier molecular flexibility index (Phi) is 2.36. The summed E-state index contributed by atoms with van der Waals surface area (Å²) < 4.78 is 3.14. The van der Waals surface area contributed by atoms with Crippen LogP contribution in [0.5, 0.6) is 0 Å². The van der Waals surface area contributed by atoms with Gasteiger partial charge in [0.05, 0.1) is 16.2 Å². The highest BCUT2D eigenvalue weighted by molar-refractivity contribution is 14.1. The van der Waals surface area contributed by atoms with Gasteiger partial charge >= 0.3 is 0 Å². The van der Waals surface area contributed by atoms with Crippen LogP contribution in [0.15, 0.2) is 6.20 Å². The molecule has 0 atom stereocenters. The number of imidazole rings is 1. The summed E-state index contributed by atoms with van der Waals surface area (Å²) in [6.07, 6.45) is 1.96. The number of hydrogen-bond acceptors (Lipinski definition) is 3. The van der Waals surface area contributed by atoms with Gasteiger partial charge in [-0.15, -0.1) is 0 Å². The lowest BCUT2D eigenvalue weighted by Crippen LogP contribution is -2.13. The van der Waals surface area contributed by atoms with Crippen LogP contribution in [0.1, 0.15) is 24.4 Å². The number of nitrogens with zero attached hydrogens (tertiary/aromatic N) is 2. The maximum atomic E-state index is 9.84. The fourth-order valence-corrected chi connectivity index (χ4v) is 2.89. The van der Waals surface area contributed by atoms with Crippen LogP contribution in [0.4, 0.5) is 0 Å². The van der Waals surface area contributed by atoms with Crippen molar-refractivity contribution in [3.8, 4) is 0 Å². The Labute approximate surface area is 99.9 Å². The second-order valence-corrected chi connectivity index (χ2v) is 5.83. The number of aromatic nitrogens is 2. The minimum absolute atomic E-state index is 0.775. The van der Waals surface area contributed by atoms with Crippen molar-refractivity contribution in [1.29, 1.82) is 0 Å². The van der Waals surface area contributed by atoms with Gasteiger partial charge in [0.15, 0.2) is 4.96 Å². The number of aliphatic hydroxyl groups is 1. The van der Waals surface area contributed by atoms with Gasteiger partial charge in [0, 0.05) is 6.20 Å². The van der Waals surface area contributed by atoms with Crippen LogP contribution in [0.25, 0.3) is 4.96 Å². The number of hydrogen-bond donors (Lipinski definition) is 1. The molecular formula is C9H11IN2OS. The van der Waals surface area contributed by atoms with Crippen molar-refractivity contribution >= 4 is 38.9 Å². The maximum Gasteiger partial charge on any atom is 0.195 e. The van der Waals surface area contributed by atoms with Crippen molar-refractivity contribution in [2.45, 2.75) is 26.4 Å². The number of aryl methyl sites for hydroxylation is 1. The normalized spacial score (nSPS) is 12.6. The highest BCUT2D eigenvalue weighted by atomic mass is 127. The Balaban J connectivity index is 2.65. The molecule has 3 nitrogen and oxygen atoms in total. The van der Waals surface area contributed by atoms with Gasteiger partial charge in [-0.2, -0.15) is 0 Å². The van der Waals surface area contributed by atoms with E-state index < -0.39 is 5.60 Å². The summed E-state index contributed by atoms with van der Waals surface area (Å²) in [5.74, 6) is 0. The average Bonchev–Trinajstić information content (AvgIpc) is 2.54. The van der Waals surface area contributed by atoms with E-state index in [-0.39, 0.29) is 0 Å². The molecule has 0 aromatic carbocycles. The molecule has 0 aliphatic heterocycles. The summed E-state index contributed by atoms with van der Waals surface area (Å²) in [6.45, 7) is 5.57. The monoisotopic (exact) mass is 322 g/mol. The van der Waals surface area contributed by atoms with Gasteiger partial charge in [0.2, 0.25) is 0 Å². The predicted octanol–water partition coefficient (Wildman–Crippen LogP) is 2.54. The molecule has 2 aromatic rings. The van der Waals surface area contributed by atoms with Crippen LogP contribution < -0.4 is 0 Å². The van der Waals surface area contributed by atoms with Crippen LogP contribution in [0.2, 0.25) is 0 Å². The van der Waals surface area contributed by atoms with Crippen LogP contribution in [0, 0.1) is 10.6 Å². The molecule has 0 saturated heterocycles. The molecule has 0 unspecified atom stereocenters. The first-order valence-electron chi connectivity index (χ1n) is 4.26. The van der Waals surface area contributed by atoms with E-state index in [1.54, 1.807) is 13.8 Å². The molecule has 0 spiro atoms. The Morgan fingerprint density at radius 2 is 2.21 bits per heavy atom. The van der Waals surface area contributed by atoms with Gasteiger partial charge in [-0.3, -0.25) is 4.40 Å². The van der Waals surface area contributed by atoms with Crippen LogP contribution in [-0.4, -0.2) is 14.5 Å². The minimum atomic E-state index is -0.775. The molecule has 0 saturated carbocycles. The van der Waals surface area contributed by atoms with Crippen molar-refractivity contribution in [1.82, 2.24) is 9.38 Å². The van der Waals surface area contributed by atoms with E-state index in [1.165, 1.54) is 11.3 Å². The molecule has 2 rings (SSSR count). The van der Waals surface area contributed by atoms with E-state index >= 15 is 0 Å². The quantitative estimate of drug-likeness (QED) is 0.820. The van der Waals surface area contributed by atoms with Crippen molar-refractivity contribution in [2.75, 3.05) is 0 Å². The third-order valence-corrected chi connectivity index (χ3v) is 4.63. The molecule has 2 aromatic heterocycles. The third kappa shape index (κ3) is 1.57. The van der Waals surface area contributed by atoms with Gasteiger partial charge in [0.1, 0.15) is 3.70 Å². The summed E-state index contributed by atoms with van der Waals surface area (Å²) in [6, 6.07) is 0.